The van der Waals surface area contributed by atoms with Gasteiger partial charge in [-0.25, -0.2) is 10.2 Å². The lowest BCUT2D eigenvalue weighted by Crippen LogP contribution is -2.47. The first-order chi connectivity index (χ1) is 11.6. The second kappa shape index (κ2) is 8.91. The van der Waals surface area contributed by atoms with Crippen molar-refractivity contribution in [3.63, 3.8) is 0 Å². The molecule has 0 aliphatic heterocycles. The number of hydrogen-bond acceptors (Lipinski definition) is 5. The quantitative estimate of drug-likeness (QED) is 0.701. The van der Waals surface area contributed by atoms with E-state index in [-0.39, 0.29) is 12.6 Å². The molecule has 0 fully saturated rings. The summed E-state index contributed by atoms with van der Waals surface area (Å²) in [5.41, 5.74) is 3.96. The number of hydrogen-bond donors (Lipinski definition) is 3. The van der Waals surface area contributed by atoms with Crippen LogP contribution < -0.4 is 20.9 Å². The second-order valence-corrected chi connectivity index (χ2v) is 6.55. The van der Waals surface area contributed by atoms with Crippen LogP contribution in [0.1, 0.15) is 45.0 Å². The smallest absolute Gasteiger partial charge is 0.426 e. The van der Waals surface area contributed by atoms with Gasteiger partial charge in [0.15, 0.2) is 0 Å². The summed E-state index contributed by atoms with van der Waals surface area (Å²) in [5.74, 6) is -0.340. The Morgan fingerprint density at radius 1 is 1.04 bits per heavy atom. The van der Waals surface area contributed by atoms with E-state index in [0.717, 1.165) is 0 Å². The van der Waals surface area contributed by atoms with Gasteiger partial charge in [-0.3, -0.25) is 15.0 Å². The number of carbonyl (C=O) groups is 3. The minimum Gasteiger partial charge on any atom is -0.491 e. The molecule has 0 unspecified atom stereocenters. The highest BCUT2D eigenvalue weighted by molar-refractivity contribution is 5.96. The summed E-state index contributed by atoms with van der Waals surface area (Å²) < 4.78 is 10.4. The van der Waals surface area contributed by atoms with E-state index in [1.807, 2.05) is 13.8 Å². The average Bonchev–Trinajstić information content (AvgIpc) is 2.49. The van der Waals surface area contributed by atoms with Crippen LogP contribution in [0.25, 0.3) is 0 Å². The third kappa shape index (κ3) is 8.59. The summed E-state index contributed by atoms with van der Waals surface area (Å²) >= 11 is 0. The minimum absolute atomic E-state index is 0.0424. The third-order valence-electron chi connectivity index (χ3n) is 2.60. The number of hydrazine groups is 1. The van der Waals surface area contributed by atoms with Gasteiger partial charge in [0.25, 0.3) is 11.8 Å². The van der Waals surface area contributed by atoms with Gasteiger partial charge in [0.05, 0.1) is 12.6 Å². The van der Waals surface area contributed by atoms with Gasteiger partial charge in [0.1, 0.15) is 11.4 Å². The molecule has 0 aliphatic rings. The first-order valence-electron chi connectivity index (χ1n) is 7.89. The second-order valence-electron chi connectivity index (χ2n) is 6.55. The van der Waals surface area contributed by atoms with Crippen molar-refractivity contribution in [2.75, 3.05) is 6.54 Å². The lowest BCUT2D eigenvalue weighted by Gasteiger charge is -2.19. The molecular weight excluding hydrogens is 326 g/mol. The summed E-state index contributed by atoms with van der Waals surface area (Å²) in [5, 5.41) is 2.45. The summed E-state index contributed by atoms with van der Waals surface area (Å²) in [6.45, 7) is 8.62. The predicted octanol–water partition coefficient (Wildman–Crippen LogP) is 1.76. The number of nitrogens with one attached hydrogen (secondary N) is 3. The standard InChI is InChI=1S/C17H25N3O5/c1-11(2)24-13-8-6-12(7-9-13)15(22)18-10-14(21)19-20-16(23)25-17(3,4)5/h6-9,11H,10H2,1-5H3,(H,18,22)(H,19,21)(H,20,23). The van der Waals surface area contributed by atoms with Crippen LogP contribution in [0.15, 0.2) is 24.3 Å². The van der Waals surface area contributed by atoms with Crippen LogP contribution in [0, 0.1) is 0 Å². The van der Waals surface area contributed by atoms with Gasteiger partial charge < -0.3 is 14.8 Å². The predicted molar refractivity (Wildman–Crippen MR) is 92.1 cm³/mol. The monoisotopic (exact) mass is 351 g/mol. The minimum atomic E-state index is -0.784. The number of ether oxygens (including phenoxy) is 2. The molecule has 1 rings (SSSR count). The van der Waals surface area contributed by atoms with Gasteiger partial charge in [0.2, 0.25) is 0 Å². The number of benzene rings is 1. The van der Waals surface area contributed by atoms with Crippen molar-refractivity contribution in [1.29, 1.82) is 0 Å². The Labute approximate surface area is 147 Å². The van der Waals surface area contributed by atoms with Crippen molar-refractivity contribution in [3.05, 3.63) is 29.8 Å². The molecule has 3 N–H and O–H groups in total. The lowest BCUT2D eigenvalue weighted by molar-refractivity contribution is -0.121. The molecular formula is C17H25N3O5. The van der Waals surface area contributed by atoms with Crippen molar-refractivity contribution in [2.24, 2.45) is 0 Å². The maximum absolute atomic E-state index is 12.0. The highest BCUT2D eigenvalue weighted by atomic mass is 16.6. The third-order valence-corrected chi connectivity index (χ3v) is 2.60. The van der Waals surface area contributed by atoms with Crippen molar-refractivity contribution in [2.45, 2.75) is 46.3 Å². The molecule has 0 aliphatic carbocycles. The Balaban J connectivity index is 2.38. The Bertz CT molecular complexity index is 606. The van der Waals surface area contributed by atoms with Gasteiger partial charge in [-0.15, -0.1) is 0 Å². The Hall–Kier alpha value is -2.77. The molecule has 0 radical (unpaired) electrons. The van der Waals surface area contributed by atoms with E-state index in [2.05, 4.69) is 16.2 Å². The zero-order valence-corrected chi connectivity index (χ0v) is 15.1. The van der Waals surface area contributed by atoms with Crippen LogP contribution in [-0.2, 0) is 9.53 Å². The van der Waals surface area contributed by atoms with E-state index in [4.69, 9.17) is 9.47 Å². The molecule has 0 atom stereocenters. The first-order valence-corrected chi connectivity index (χ1v) is 7.89. The van der Waals surface area contributed by atoms with E-state index in [9.17, 15) is 14.4 Å². The molecule has 1 aromatic rings. The molecule has 8 nitrogen and oxygen atoms in total. The van der Waals surface area contributed by atoms with Crippen molar-refractivity contribution in [3.8, 4) is 5.75 Å². The summed E-state index contributed by atoms with van der Waals surface area (Å²) in [7, 11) is 0. The van der Waals surface area contributed by atoms with Crippen molar-refractivity contribution in [1.82, 2.24) is 16.2 Å². The fourth-order valence-corrected chi connectivity index (χ4v) is 1.69. The molecule has 0 spiro atoms. The molecule has 25 heavy (non-hydrogen) atoms. The van der Waals surface area contributed by atoms with Crippen LogP contribution >= 0.6 is 0 Å². The Kier molecular flexibility index (Phi) is 7.22. The topological polar surface area (TPSA) is 106 Å². The maximum Gasteiger partial charge on any atom is 0.426 e. The van der Waals surface area contributed by atoms with Gasteiger partial charge in [-0.05, 0) is 58.9 Å². The van der Waals surface area contributed by atoms with Gasteiger partial charge in [-0.1, -0.05) is 0 Å². The first kappa shape index (κ1) is 20.3. The van der Waals surface area contributed by atoms with Crippen LogP contribution in [0.4, 0.5) is 4.79 Å². The fraction of sp³-hybridized carbons (Fsp3) is 0.471. The van der Waals surface area contributed by atoms with E-state index in [1.54, 1.807) is 45.0 Å². The largest absolute Gasteiger partial charge is 0.491 e. The molecule has 0 heterocycles. The summed E-state index contributed by atoms with van der Waals surface area (Å²) in [4.78, 5) is 35.0. The Morgan fingerprint density at radius 3 is 2.16 bits per heavy atom. The summed E-state index contributed by atoms with van der Waals surface area (Å²) in [6, 6.07) is 6.56. The van der Waals surface area contributed by atoms with E-state index >= 15 is 0 Å². The van der Waals surface area contributed by atoms with Crippen molar-refractivity contribution >= 4 is 17.9 Å². The maximum atomic E-state index is 12.0. The van der Waals surface area contributed by atoms with Crippen LogP contribution in [-0.4, -0.2) is 36.2 Å². The molecule has 0 saturated heterocycles. The summed E-state index contributed by atoms with van der Waals surface area (Å²) in [6.07, 6.45) is -0.742. The van der Waals surface area contributed by atoms with E-state index in [0.29, 0.717) is 11.3 Å². The highest BCUT2D eigenvalue weighted by Crippen LogP contribution is 2.13. The number of rotatable bonds is 5. The normalized spacial score (nSPS) is 10.8. The van der Waals surface area contributed by atoms with E-state index in [1.165, 1.54) is 0 Å². The molecule has 138 valence electrons. The molecule has 1 aromatic carbocycles. The average molecular weight is 351 g/mol. The van der Waals surface area contributed by atoms with Crippen LogP contribution in [0.2, 0.25) is 0 Å². The molecule has 0 aromatic heterocycles. The van der Waals surface area contributed by atoms with Gasteiger partial charge >= 0.3 is 6.09 Å². The zero-order chi connectivity index (χ0) is 19.0. The fourth-order valence-electron chi connectivity index (χ4n) is 1.69. The molecule has 8 heteroatoms. The van der Waals surface area contributed by atoms with E-state index < -0.39 is 23.5 Å². The molecule has 0 saturated carbocycles. The Morgan fingerprint density at radius 2 is 1.64 bits per heavy atom. The molecule has 0 bridgehead atoms. The van der Waals surface area contributed by atoms with Crippen molar-refractivity contribution < 1.29 is 23.9 Å². The lowest BCUT2D eigenvalue weighted by atomic mass is 10.2. The van der Waals surface area contributed by atoms with Crippen LogP contribution in [0.5, 0.6) is 5.75 Å². The highest BCUT2D eigenvalue weighted by Gasteiger charge is 2.16. The SMILES string of the molecule is CC(C)Oc1ccc(C(=O)NCC(=O)NNC(=O)OC(C)(C)C)cc1. The number of amides is 3. The van der Waals surface area contributed by atoms with Gasteiger partial charge in [0, 0.05) is 5.56 Å². The number of carbonyl (C=O) groups excluding carboxylic acids is 3. The zero-order valence-electron chi connectivity index (χ0n) is 15.1. The van der Waals surface area contributed by atoms with Crippen LogP contribution in [0.3, 0.4) is 0 Å². The molecule has 3 amide bonds. The van der Waals surface area contributed by atoms with Gasteiger partial charge in [-0.2, -0.15) is 0 Å².